The van der Waals surface area contributed by atoms with Gasteiger partial charge in [-0.15, -0.1) is 0 Å². The molecule has 0 radical (unpaired) electrons. The van der Waals surface area contributed by atoms with Crippen LogP contribution in [0.25, 0.3) is 5.69 Å². The Bertz CT molecular complexity index is 600. The minimum absolute atomic E-state index is 0.0299. The smallest absolute Gasteiger partial charge is 0.0994 e. The molecule has 1 aromatic heterocycles. The first-order valence-corrected chi connectivity index (χ1v) is 7.62. The molecule has 1 fully saturated rings. The number of imidazole rings is 1. The highest BCUT2D eigenvalue weighted by molar-refractivity contribution is 5.39. The predicted octanol–water partition coefficient (Wildman–Crippen LogP) is 3.03. The minimum atomic E-state index is -0.0299. The van der Waals surface area contributed by atoms with Gasteiger partial charge in [0, 0.05) is 18.2 Å². The molecule has 0 amide bonds. The molecule has 1 aliphatic rings. The second-order valence-electron chi connectivity index (χ2n) is 6.09. The fourth-order valence-corrected chi connectivity index (χ4v) is 2.88. The Morgan fingerprint density at radius 3 is 2.95 bits per heavy atom. The lowest BCUT2D eigenvalue weighted by molar-refractivity contribution is 0.180. The van der Waals surface area contributed by atoms with Crippen LogP contribution in [0.1, 0.15) is 43.5 Å². The standard InChI is InChI=1S/C17H23N3O/c1-12(2)13-4-3-5-15(8-13)20-11-19-9-16(20)17(18)14-6-7-21-10-14/h3-5,8-9,11-12,14,17H,6-7,10,18H2,1-2H3. The first-order chi connectivity index (χ1) is 10.2. The molecule has 0 saturated carbocycles. The largest absolute Gasteiger partial charge is 0.381 e. The molecule has 2 unspecified atom stereocenters. The summed E-state index contributed by atoms with van der Waals surface area (Å²) in [6.07, 6.45) is 4.76. The Morgan fingerprint density at radius 2 is 2.24 bits per heavy atom. The van der Waals surface area contributed by atoms with Gasteiger partial charge in [-0.05, 0) is 30.0 Å². The van der Waals surface area contributed by atoms with Gasteiger partial charge in [0.1, 0.15) is 0 Å². The van der Waals surface area contributed by atoms with Gasteiger partial charge in [-0.2, -0.15) is 0 Å². The molecular weight excluding hydrogens is 262 g/mol. The quantitative estimate of drug-likeness (QED) is 0.939. The van der Waals surface area contributed by atoms with E-state index in [0.29, 0.717) is 11.8 Å². The number of hydrogen-bond donors (Lipinski definition) is 1. The van der Waals surface area contributed by atoms with Gasteiger partial charge in [0.05, 0.1) is 30.9 Å². The highest BCUT2D eigenvalue weighted by Gasteiger charge is 2.26. The number of benzene rings is 1. The third kappa shape index (κ3) is 2.87. The van der Waals surface area contributed by atoms with E-state index in [-0.39, 0.29) is 6.04 Å². The van der Waals surface area contributed by atoms with Gasteiger partial charge in [0.15, 0.2) is 0 Å². The summed E-state index contributed by atoms with van der Waals surface area (Å²) in [7, 11) is 0. The van der Waals surface area contributed by atoms with Crippen molar-refractivity contribution < 1.29 is 4.74 Å². The number of nitrogens with zero attached hydrogens (tertiary/aromatic N) is 2. The third-order valence-electron chi connectivity index (χ3n) is 4.30. The molecule has 0 bridgehead atoms. The van der Waals surface area contributed by atoms with Gasteiger partial charge in [0.25, 0.3) is 0 Å². The lowest BCUT2D eigenvalue weighted by atomic mass is 9.97. The van der Waals surface area contributed by atoms with Gasteiger partial charge in [-0.3, -0.25) is 0 Å². The zero-order valence-corrected chi connectivity index (χ0v) is 12.7. The molecule has 4 heteroatoms. The summed E-state index contributed by atoms with van der Waals surface area (Å²) in [6.45, 7) is 5.97. The maximum atomic E-state index is 6.44. The SMILES string of the molecule is CC(C)c1cccc(-n2cncc2C(N)C2CCOC2)c1. The minimum Gasteiger partial charge on any atom is -0.381 e. The van der Waals surface area contributed by atoms with Crippen molar-refractivity contribution in [3.8, 4) is 5.69 Å². The van der Waals surface area contributed by atoms with Crippen molar-refractivity contribution in [1.82, 2.24) is 9.55 Å². The van der Waals surface area contributed by atoms with E-state index in [2.05, 4.69) is 47.7 Å². The number of rotatable bonds is 4. The van der Waals surface area contributed by atoms with Crippen molar-refractivity contribution in [2.24, 2.45) is 11.7 Å². The number of nitrogens with two attached hydrogens (primary N) is 1. The van der Waals surface area contributed by atoms with Crippen LogP contribution in [0, 0.1) is 5.92 Å². The van der Waals surface area contributed by atoms with Gasteiger partial charge in [0.2, 0.25) is 0 Å². The summed E-state index contributed by atoms with van der Waals surface area (Å²) in [4.78, 5) is 4.31. The number of aromatic nitrogens is 2. The van der Waals surface area contributed by atoms with Crippen LogP contribution >= 0.6 is 0 Å². The van der Waals surface area contributed by atoms with Gasteiger partial charge in [-0.25, -0.2) is 4.98 Å². The summed E-state index contributed by atoms with van der Waals surface area (Å²) < 4.78 is 7.57. The second kappa shape index (κ2) is 6.00. The molecule has 3 rings (SSSR count). The average molecular weight is 285 g/mol. The van der Waals surface area contributed by atoms with E-state index in [1.165, 1.54) is 5.56 Å². The molecule has 2 atom stereocenters. The van der Waals surface area contributed by atoms with Gasteiger partial charge in [-0.1, -0.05) is 26.0 Å². The first-order valence-electron chi connectivity index (χ1n) is 7.62. The molecule has 4 nitrogen and oxygen atoms in total. The van der Waals surface area contributed by atoms with E-state index in [4.69, 9.17) is 10.5 Å². The summed E-state index contributed by atoms with van der Waals surface area (Å²) in [6, 6.07) is 8.55. The van der Waals surface area contributed by atoms with Crippen molar-refractivity contribution in [1.29, 1.82) is 0 Å². The zero-order valence-electron chi connectivity index (χ0n) is 12.7. The lowest BCUT2D eigenvalue weighted by Gasteiger charge is -2.20. The van der Waals surface area contributed by atoms with Crippen molar-refractivity contribution in [2.45, 2.75) is 32.2 Å². The van der Waals surface area contributed by atoms with E-state index in [0.717, 1.165) is 31.0 Å². The highest BCUT2D eigenvalue weighted by Crippen LogP contribution is 2.28. The van der Waals surface area contributed by atoms with Crippen molar-refractivity contribution in [2.75, 3.05) is 13.2 Å². The average Bonchev–Trinajstić information content (AvgIpc) is 3.18. The topological polar surface area (TPSA) is 53.1 Å². The Hall–Kier alpha value is -1.65. The molecule has 1 saturated heterocycles. The van der Waals surface area contributed by atoms with E-state index in [1.807, 2.05) is 12.5 Å². The monoisotopic (exact) mass is 285 g/mol. The fourth-order valence-electron chi connectivity index (χ4n) is 2.88. The van der Waals surface area contributed by atoms with E-state index in [1.54, 1.807) is 0 Å². The normalized spacial score (nSPS) is 20.1. The third-order valence-corrected chi connectivity index (χ3v) is 4.30. The molecule has 0 spiro atoms. The van der Waals surface area contributed by atoms with Gasteiger partial charge >= 0.3 is 0 Å². The summed E-state index contributed by atoms with van der Waals surface area (Å²) in [5.74, 6) is 0.891. The van der Waals surface area contributed by atoms with Crippen LogP contribution in [0.2, 0.25) is 0 Å². The van der Waals surface area contributed by atoms with E-state index >= 15 is 0 Å². The van der Waals surface area contributed by atoms with Crippen LogP contribution in [0.4, 0.5) is 0 Å². The van der Waals surface area contributed by atoms with Crippen molar-refractivity contribution >= 4 is 0 Å². The predicted molar refractivity (Wildman–Crippen MR) is 83.5 cm³/mol. The Balaban J connectivity index is 1.93. The molecule has 2 heterocycles. The maximum Gasteiger partial charge on any atom is 0.0994 e. The van der Waals surface area contributed by atoms with Crippen molar-refractivity contribution in [3.63, 3.8) is 0 Å². The van der Waals surface area contributed by atoms with Crippen LogP contribution in [0.5, 0.6) is 0 Å². The van der Waals surface area contributed by atoms with Crippen LogP contribution in [0.3, 0.4) is 0 Å². The molecule has 2 N–H and O–H groups in total. The van der Waals surface area contributed by atoms with Crippen LogP contribution < -0.4 is 5.73 Å². The van der Waals surface area contributed by atoms with E-state index in [9.17, 15) is 0 Å². The number of hydrogen-bond acceptors (Lipinski definition) is 3. The Kier molecular flexibility index (Phi) is 4.08. The Morgan fingerprint density at radius 1 is 1.38 bits per heavy atom. The van der Waals surface area contributed by atoms with Crippen LogP contribution in [0.15, 0.2) is 36.8 Å². The molecular formula is C17H23N3O. The molecule has 1 aromatic carbocycles. The molecule has 0 aliphatic carbocycles. The van der Waals surface area contributed by atoms with Gasteiger partial charge < -0.3 is 15.0 Å². The highest BCUT2D eigenvalue weighted by atomic mass is 16.5. The summed E-state index contributed by atoms with van der Waals surface area (Å²) in [5.41, 5.74) is 9.95. The number of ether oxygens (including phenoxy) is 1. The second-order valence-corrected chi connectivity index (χ2v) is 6.09. The molecule has 21 heavy (non-hydrogen) atoms. The fraction of sp³-hybridized carbons (Fsp3) is 0.471. The summed E-state index contributed by atoms with van der Waals surface area (Å²) in [5, 5.41) is 0. The molecule has 2 aromatic rings. The summed E-state index contributed by atoms with van der Waals surface area (Å²) >= 11 is 0. The zero-order chi connectivity index (χ0) is 14.8. The lowest BCUT2D eigenvalue weighted by Crippen LogP contribution is -2.24. The maximum absolute atomic E-state index is 6.44. The van der Waals surface area contributed by atoms with Crippen molar-refractivity contribution in [3.05, 3.63) is 48.0 Å². The Labute approximate surface area is 125 Å². The van der Waals surface area contributed by atoms with Crippen LogP contribution in [-0.4, -0.2) is 22.8 Å². The van der Waals surface area contributed by atoms with Crippen LogP contribution in [-0.2, 0) is 4.74 Å². The van der Waals surface area contributed by atoms with E-state index < -0.39 is 0 Å². The molecule has 1 aliphatic heterocycles. The molecule has 112 valence electrons. The first kappa shape index (κ1) is 14.3.